The SMILES string of the molecule is CC1CCN(S(=O)(=O)c2ccc(Cl)c(C(=O)Nc3ccc(Cl)c(Cl)c3)c2)CC1. The van der Waals surface area contributed by atoms with Crippen LogP contribution >= 0.6 is 34.8 Å². The molecule has 150 valence electrons. The molecule has 0 aliphatic carbocycles. The summed E-state index contributed by atoms with van der Waals surface area (Å²) in [5, 5.41) is 3.47. The predicted molar refractivity (Wildman–Crippen MR) is 113 cm³/mol. The lowest BCUT2D eigenvalue weighted by molar-refractivity contribution is 0.102. The molecule has 1 aliphatic rings. The smallest absolute Gasteiger partial charge is 0.257 e. The zero-order valence-electron chi connectivity index (χ0n) is 15.1. The van der Waals surface area contributed by atoms with Gasteiger partial charge in [0.25, 0.3) is 5.91 Å². The molecule has 3 rings (SSSR count). The highest BCUT2D eigenvalue weighted by Crippen LogP contribution is 2.28. The van der Waals surface area contributed by atoms with E-state index in [1.165, 1.54) is 28.6 Å². The van der Waals surface area contributed by atoms with Crippen molar-refractivity contribution >= 4 is 56.4 Å². The number of halogens is 3. The van der Waals surface area contributed by atoms with Crippen molar-refractivity contribution in [2.45, 2.75) is 24.7 Å². The van der Waals surface area contributed by atoms with E-state index in [1.54, 1.807) is 12.1 Å². The van der Waals surface area contributed by atoms with E-state index in [-0.39, 0.29) is 15.5 Å². The van der Waals surface area contributed by atoms with Crippen LogP contribution in [0.25, 0.3) is 0 Å². The van der Waals surface area contributed by atoms with Gasteiger partial charge in [-0.25, -0.2) is 8.42 Å². The number of sulfonamides is 1. The van der Waals surface area contributed by atoms with Gasteiger partial charge in [-0.1, -0.05) is 41.7 Å². The van der Waals surface area contributed by atoms with Crippen molar-refractivity contribution in [3.63, 3.8) is 0 Å². The second kappa shape index (κ2) is 8.59. The Balaban J connectivity index is 1.86. The van der Waals surface area contributed by atoms with Crippen molar-refractivity contribution < 1.29 is 13.2 Å². The van der Waals surface area contributed by atoms with E-state index >= 15 is 0 Å². The third-order valence-corrected chi connectivity index (χ3v) is 7.70. The molecule has 1 amide bonds. The van der Waals surface area contributed by atoms with Crippen molar-refractivity contribution in [1.29, 1.82) is 0 Å². The maximum atomic E-state index is 12.9. The summed E-state index contributed by atoms with van der Waals surface area (Å²) < 4.78 is 27.3. The molecule has 0 spiro atoms. The molecule has 2 aromatic rings. The highest BCUT2D eigenvalue weighted by molar-refractivity contribution is 7.89. The zero-order chi connectivity index (χ0) is 20.5. The summed E-state index contributed by atoms with van der Waals surface area (Å²) in [7, 11) is -3.69. The van der Waals surface area contributed by atoms with Gasteiger partial charge in [-0.2, -0.15) is 4.31 Å². The average molecular weight is 462 g/mol. The molecule has 0 unspecified atom stereocenters. The molecule has 1 N–H and O–H groups in total. The largest absolute Gasteiger partial charge is 0.322 e. The van der Waals surface area contributed by atoms with E-state index in [0.29, 0.717) is 34.7 Å². The predicted octanol–water partition coefficient (Wildman–Crippen LogP) is 5.32. The Bertz CT molecular complexity index is 1000. The van der Waals surface area contributed by atoms with E-state index in [9.17, 15) is 13.2 Å². The van der Waals surface area contributed by atoms with Crippen LogP contribution in [-0.4, -0.2) is 31.7 Å². The number of carbonyl (C=O) groups excluding carboxylic acids is 1. The summed E-state index contributed by atoms with van der Waals surface area (Å²) >= 11 is 18.0. The van der Waals surface area contributed by atoms with Crippen LogP contribution in [0.2, 0.25) is 15.1 Å². The lowest BCUT2D eigenvalue weighted by Gasteiger charge is -2.29. The standard InChI is InChI=1S/C19H19Cl3N2O3S/c1-12-6-8-24(9-7-12)28(26,27)14-3-5-16(20)15(11-14)19(25)23-13-2-4-17(21)18(22)10-13/h2-5,10-12H,6-9H2,1H3,(H,23,25). The van der Waals surface area contributed by atoms with Crippen molar-refractivity contribution in [3.05, 3.63) is 57.0 Å². The van der Waals surface area contributed by atoms with Gasteiger partial charge in [0.2, 0.25) is 10.0 Å². The van der Waals surface area contributed by atoms with Gasteiger partial charge in [0, 0.05) is 18.8 Å². The van der Waals surface area contributed by atoms with Crippen LogP contribution in [0.15, 0.2) is 41.3 Å². The number of hydrogen-bond donors (Lipinski definition) is 1. The number of nitrogens with one attached hydrogen (secondary N) is 1. The Hall–Kier alpha value is -1.31. The van der Waals surface area contributed by atoms with Crippen LogP contribution in [0.5, 0.6) is 0 Å². The van der Waals surface area contributed by atoms with Gasteiger partial charge >= 0.3 is 0 Å². The Kier molecular flexibility index (Phi) is 6.57. The first-order valence-corrected chi connectivity index (χ1v) is 11.3. The zero-order valence-corrected chi connectivity index (χ0v) is 18.2. The topological polar surface area (TPSA) is 66.5 Å². The molecule has 0 bridgehead atoms. The van der Waals surface area contributed by atoms with E-state index in [0.717, 1.165) is 12.8 Å². The molecular formula is C19H19Cl3N2O3S. The highest BCUT2D eigenvalue weighted by Gasteiger charge is 2.29. The molecule has 5 nitrogen and oxygen atoms in total. The lowest BCUT2D eigenvalue weighted by Crippen LogP contribution is -2.37. The van der Waals surface area contributed by atoms with Crippen molar-refractivity contribution in [1.82, 2.24) is 4.31 Å². The molecule has 1 fully saturated rings. The molecule has 28 heavy (non-hydrogen) atoms. The summed E-state index contributed by atoms with van der Waals surface area (Å²) in [6.45, 7) is 3.05. The molecular weight excluding hydrogens is 443 g/mol. The van der Waals surface area contributed by atoms with Crippen LogP contribution < -0.4 is 5.32 Å². The van der Waals surface area contributed by atoms with Crippen LogP contribution in [0, 0.1) is 5.92 Å². The maximum absolute atomic E-state index is 12.9. The minimum atomic E-state index is -3.69. The maximum Gasteiger partial charge on any atom is 0.257 e. The number of hydrogen-bond acceptors (Lipinski definition) is 3. The lowest BCUT2D eigenvalue weighted by atomic mass is 10.0. The number of rotatable bonds is 4. The number of benzene rings is 2. The van der Waals surface area contributed by atoms with Gasteiger partial charge < -0.3 is 5.32 Å². The third kappa shape index (κ3) is 4.63. The van der Waals surface area contributed by atoms with Gasteiger partial charge in [-0.05, 0) is 55.2 Å². The molecule has 0 atom stereocenters. The van der Waals surface area contributed by atoms with Crippen LogP contribution in [-0.2, 0) is 10.0 Å². The Morgan fingerprint density at radius 1 is 1.00 bits per heavy atom. The second-order valence-electron chi connectivity index (χ2n) is 6.81. The van der Waals surface area contributed by atoms with Gasteiger partial charge in [0.1, 0.15) is 0 Å². The first-order chi connectivity index (χ1) is 13.2. The molecule has 1 aliphatic heterocycles. The number of anilines is 1. The summed E-state index contributed by atoms with van der Waals surface area (Å²) in [5.41, 5.74) is 0.493. The van der Waals surface area contributed by atoms with Gasteiger partial charge in [0.15, 0.2) is 0 Å². The van der Waals surface area contributed by atoms with Crippen molar-refractivity contribution in [3.8, 4) is 0 Å². The van der Waals surface area contributed by atoms with Gasteiger partial charge in [-0.3, -0.25) is 4.79 Å². The molecule has 9 heteroatoms. The Morgan fingerprint density at radius 3 is 2.29 bits per heavy atom. The monoisotopic (exact) mass is 460 g/mol. The fraction of sp³-hybridized carbons (Fsp3) is 0.316. The van der Waals surface area contributed by atoms with Gasteiger partial charge in [-0.15, -0.1) is 0 Å². The molecule has 2 aromatic carbocycles. The summed E-state index contributed by atoms with van der Waals surface area (Å²) in [6.07, 6.45) is 1.63. The summed E-state index contributed by atoms with van der Waals surface area (Å²) in [6, 6.07) is 8.80. The van der Waals surface area contributed by atoms with Crippen LogP contribution in [0.3, 0.4) is 0 Å². The minimum Gasteiger partial charge on any atom is -0.322 e. The Labute approximate surface area is 179 Å². The van der Waals surface area contributed by atoms with E-state index in [4.69, 9.17) is 34.8 Å². The summed E-state index contributed by atoms with van der Waals surface area (Å²) in [4.78, 5) is 12.7. The number of carbonyl (C=O) groups is 1. The fourth-order valence-electron chi connectivity index (χ4n) is 2.99. The number of amides is 1. The Morgan fingerprint density at radius 2 is 1.64 bits per heavy atom. The molecule has 1 heterocycles. The summed E-state index contributed by atoms with van der Waals surface area (Å²) in [5.74, 6) is -0.0306. The molecule has 1 saturated heterocycles. The number of nitrogens with zero attached hydrogens (tertiary/aromatic N) is 1. The average Bonchev–Trinajstić information content (AvgIpc) is 2.65. The minimum absolute atomic E-state index is 0.0470. The third-order valence-electron chi connectivity index (χ3n) is 4.74. The molecule has 0 radical (unpaired) electrons. The van der Waals surface area contributed by atoms with E-state index in [1.807, 2.05) is 0 Å². The normalized spacial score (nSPS) is 16.1. The number of piperidine rings is 1. The quantitative estimate of drug-likeness (QED) is 0.670. The van der Waals surface area contributed by atoms with E-state index in [2.05, 4.69) is 12.2 Å². The fourth-order valence-corrected chi connectivity index (χ4v) is 4.98. The first kappa shape index (κ1) is 21.4. The highest BCUT2D eigenvalue weighted by atomic mass is 35.5. The second-order valence-corrected chi connectivity index (χ2v) is 9.97. The first-order valence-electron chi connectivity index (χ1n) is 8.74. The van der Waals surface area contributed by atoms with Gasteiger partial charge in [0.05, 0.1) is 25.5 Å². The molecule has 0 saturated carbocycles. The van der Waals surface area contributed by atoms with Crippen molar-refractivity contribution in [2.24, 2.45) is 5.92 Å². The van der Waals surface area contributed by atoms with Crippen LogP contribution in [0.4, 0.5) is 5.69 Å². The van der Waals surface area contributed by atoms with Crippen LogP contribution in [0.1, 0.15) is 30.1 Å². The van der Waals surface area contributed by atoms with Crippen molar-refractivity contribution in [2.75, 3.05) is 18.4 Å². The molecule has 0 aromatic heterocycles. The van der Waals surface area contributed by atoms with E-state index < -0.39 is 15.9 Å².